The molecule has 2 aromatic heterocycles. The van der Waals surface area contributed by atoms with Crippen molar-refractivity contribution in [3.63, 3.8) is 0 Å². The molecule has 3 rings (SSSR count). The van der Waals surface area contributed by atoms with E-state index in [-0.39, 0.29) is 34.9 Å². The Morgan fingerprint density at radius 1 is 1.29 bits per heavy atom. The monoisotopic (exact) mass is 555 g/mol. The number of aliphatic hydroxyl groups is 1. The number of piperidine rings is 1. The molecular weight excluding hydrogens is 519 g/mol. The van der Waals surface area contributed by atoms with E-state index in [0.29, 0.717) is 22.5 Å². The van der Waals surface area contributed by atoms with Gasteiger partial charge in [-0.2, -0.15) is 13.2 Å². The van der Waals surface area contributed by atoms with Crippen molar-refractivity contribution in [2.75, 3.05) is 11.9 Å². The summed E-state index contributed by atoms with van der Waals surface area (Å²) in [7, 11) is 0. The minimum Gasteiger partial charge on any atom is -0.388 e. The number of hydrogen-bond acceptors (Lipinski definition) is 7. The molecule has 3 N–H and O–H groups in total. The molecule has 0 aromatic carbocycles. The van der Waals surface area contributed by atoms with E-state index in [0.717, 1.165) is 30.6 Å². The van der Waals surface area contributed by atoms with Crippen LogP contribution in [0.3, 0.4) is 0 Å². The molecule has 1 fully saturated rings. The van der Waals surface area contributed by atoms with Crippen LogP contribution in [0.2, 0.25) is 0 Å². The van der Waals surface area contributed by atoms with Gasteiger partial charge in [-0.1, -0.05) is 6.92 Å². The van der Waals surface area contributed by atoms with Gasteiger partial charge in [0.15, 0.2) is 5.01 Å². The highest BCUT2D eigenvalue weighted by molar-refractivity contribution is 7.17. The Labute approximate surface area is 225 Å². The summed E-state index contributed by atoms with van der Waals surface area (Å²) >= 11 is 1.02. The lowest BCUT2D eigenvalue weighted by atomic mass is 10.0. The van der Waals surface area contributed by atoms with Gasteiger partial charge in [0.1, 0.15) is 17.6 Å². The Kier molecular flexibility index (Phi) is 9.08. The molecule has 38 heavy (non-hydrogen) atoms. The molecule has 12 heteroatoms. The number of nitrogens with zero attached hydrogens (tertiary/aromatic N) is 3. The number of halogens is 3. The Morgan fingerprint density at radius 3 is 2.53 bits per heavy atom. The largest absolute Gasteiger partial charge is 0.408 e. The van der Waals surface area contributed by atoms with E-state index in [4.69, 9.17) is 0 Å². The maximum absolute atomic E-state index is 13.6. The summed E-state index contributed by atoms with van der Waals surface area (Å²) in [6.45, 7) is 10.5. The first kappa shape index (κ1) is 29.8. The maximum atomic E-state index is 13.6. The van der Waals surface area contributed by atoms with Gasteiger partial charge in [-0.15, -0.1) is 11.3 Å². The summed E-state index contributed by atoms with van der Waals surface area (Å²) in [6, 6.07) is -0.818. The number of hydrogen-bond donors (Lipinski definition) is 3. The number of nitrogens with one attached hydrogen (secondary N) is 2. The van der Waals surface area contributed by atoms with Crippen molar-refractivity contribution in [1.29, 1.82) is 0 Å². The average molecular weight is 556 g/mol. The van der Waals surface area contributed by atoms with Crippen LogP contribution in [0.5, 0.6) is 0 Å². The number of anilines is 1. The van der Waals surface area contributed by atoms with Crippen molar-refractivity contribution in [2.45, 2.75) is 97.1 Å². The van der Waals surface area contributed by atoms with E-state index in [9.17, 15) is 27.9 Å². The predicted octanol–water partition coefficient (Wildman–Crippen LogP) is 5.17. The van der Waals surface area contributed by atoms with Gasteiger partial charge in [-0.3, -0.25) is 9.59 Å². The Balaban J connectivity index is 2.01. The lowest BCUT2D eigenvalue weighted by Crippen LogP contribution is -2.47. The second-order valence-electron chi connectivity index (χ2n) is 10.4. The summed E-state index contributed by atoms with van der Waals surface area (Å²) in [4.78, 5) is 37.4. The second kappa shape index (κ2) is 11.6. The average Bonchev–Trinajstić information content (AvgIpc) is 3.26. The molecule has 3 atom stereocenters. The zero-order valence-corrected chi connectivity index (χ0v) is 23.4. The number of likely N-dealkylation sites (tertiary alicyclic amines) is 1. The number of thiazole rings is 1. The smallest absolute Gasteiger partial charge is 0.388 e. The molecule has 0 aliphatic carbocycles. The topological polar surface area (TPSA) is 107 Å². The summed E-state index contributed by atoms with van der Waals surface area (Å²) < 4.78 is 39.8. The Morgan fingerprint density at radius 2 is 1.97 bits per heavy atom. The lowest BCUT2D eigenvalue weighted by molar-refractivity contribution is -0.142. The van der Waals surface area contributed by atoms with Crippen LogP contribution in [0.25, 0.3) is 10.4 Å². The molecule has 0 radical (unpaired) electrons. The molecule has 1 aliphatic rings. The fourth-order valence-corrected chi connectivity index (χ4v) is 5.22. The number of aromatic nitrogens is 2. The van der Waals surface area contributed by atoms with Gasteiger partial charge < -0.3 is 20.6 Å². The second-order valence-corrected chi connectivity index (χ2v) is 11.4. The third-order valence-electron chi connectivity index (χ3n) is 6.98. The van der Waals surface area contributed by atoms with Gasteiger partial charge in [0.25, 0.3) is 11.8 Å². The van der Waals surface area contributed by atoms with Gasteiger partial charge >= 0.3 is 6.18 Å². The highest BCUT2D eigenvalue weighted by Crippen LogP contribution is 2.35. The molecular formula is C26H36F3N5O3S. The van der Waals surface area contributed by atoms with Crippen LogP contribution < -0.4 is 10.6 Å². The van der Waals surface area contributed by atoms with Crippen LogP contribution in [0.4, 0.5) is 19.0 Å². The van der Waals surface area contributed by atoms with Gasteiger partial charge in [0.05, 0.1) is 16.5 Å². The molecule has 0 spiro atoms. The molecule has 8 nitrogen and oxygen atoms in total. The normalized spacial score (nSPS) is 18.2. The third kappa shape index (κ3) is 6.82. The minimum atomic E-state index is -4.42. The van der Waals surface area contributed by atoms with E-state index >= 15 is 0 Å². The molecule has 2 aromatic rings. The van der Waals surface area contributed by atoms with Crippen LogP contribution in [-0.2, 0) is 0 Å². The van der Waals surface area contributed by atoms with Crippen LogP contribution in [0, 0.1) is 6.92 Å². The zero-order valence-electron chi connectivity index (χ0n) is 22.6. The summed E-state index contributed by atoms with van der Waals surface area (Å²) in [5, 5.41) is 15.4. The Bertz CT molecular complexity index is 1160. The van der Waals surface area contributed by atoms with Gasteiger partial charge in [-0.05, 0) is 71.9 Å². The van der Waals surface area contributed by atoms with Crippen LogP contribution >= 0.6 is 11.3 Å². The van der Waals surface area contributed by atoms with E-state index in [2.05, 4.69) is 20.6 Å². The molecule has 1 aliphatic heterocycles. The number of rotatable bonds is 8. The van der Waals surface area contributed by atoms with Crippen molar-refractivity contribution in [3.05, 3.63) is 28.5 Å². The van der Waals surface area contributed by atoms with Crippen LogP contribution in [-0.4, -0.2) is 68.2 Å². The fourth-order valence-electron chi connectivity index (χ4n) is 4.18. The first-order valence-corrected chi connectivity index (χ1v) is 13.6. The van der Waals surface area contributed by atoms with Crippen molar-refractivity contribution < 1.29 is 27.9 Å². The van der Waals surface area contributed by atoms with Crippen LogP contribution in [0.15, 0.2) is 12.3 Å². The summed E-state index contributed by atoms with van der Waals surface area (Å²) in [6.07, 6.45) is -0.425. The third-order valence-corrected chi connectivity index (χ3v) is 8.06. The van der Waals surface area contributed by atoms with Crippen molar-refractivity contribution in [1.82, 2.24) is 20.2 Å². The van der Waals surface area contributed by atoms with E-state index in [1.165, 1.54) is 19.2 Å². The zero-order chi connectivity index (χ0) is 28.4. The number of carbonyl (C=O) groups excluding carboxylic acids is 2. The van der Waals surface area contributed by atoms with Crippen LogP contribution in [0.1, 0.15) is 86.2 Å². The van der Waals surface area contributed by atoms with E-state index in [1.807, 2.05) is 6.92 Å². The number of amides is 2. The lowest BCUT2D eigenvalue weighted by Gasteiger charge is -2.33. The quantitative estimate of drug-likeness (QED) is 0.415. The van der Waals surface area contributed by atoms with Gasteiger partial charge in [0, 0.05) is 24.3 Å². The fraction of sp³-hybridized carbons (Fsp3) is 0.615. The number of aryl methyl sites for hydroxylation is 1. The van der Waals surface area contributed by atoms with E-state index in [1.54, 1.807) is 32.6 Å². The van der Waals surface area contributed by atoms with Gasteiger partial charge in [0.2, 0.25) is 0 Å². The molecule has 3 heterocycles. The Hall–Kier alpha value is -2.73. The molecule has 0 bridgehead atoms. The number of alkyl halides is 3. The molecule has 0 unspecified atom stereocenters. The minimum absolute atomic E-state index is 0.0115. The first-order chi connectivity index (χ1) is 17.6. The predicted molar refractivity (Wildman–Crippen MR) is 141 cm³/mol. The molecule has 2 amide bonds. The van der Waals surface area contributed by atoms with Crippen molar-refractivity contribution in [2.24, 2.45) is 0 Å². The van der Waals surface area contributed by atoms with Crippen molar-refractivity contribution in [3.8, 4) is 10.4 Å². The van der Waals surface area contributed by atoms with Gasteiger partial charge in [-0.25, -0.2) is 9.97 Å². The highest BCUT2D eigenvalue weighted by atomic mass is 32.1. The first-order valence-electron chi connectivity index (χ1n) is 12.8. The molecule has 1 saturated heterocycles. The standard InChI is InChI=1S/C26H36F3N5O3S/c1-7-18(26(27,28)29)32-19-12-14(2)17(13-30-19)21-20(24(36)34-11-9-8-10-15(34)3)33-23(38-21)22(35)31-16(4)25(5,6)37/h12-13,15-16,18,37H,7-11H2,1-6H3,(H,30,32)(H,31,35)/t15-,16+,18-/m0/s1. The SMILES string of the molecule is CC[C@H](Nc1cc(C)c(-c2sc(C(=O)N[C@H](C)C(C)(C)O)nc2C(=O)N2CCCC[C@@H]2C)cn1)C(F)(F)F. The highest BCUT2D eigenvalue weighted by Gasteiger charge is 2.38. The summed E-state index contributed by atoms with van der Waals surface area (Å²) in [5.74, 6) is -0.770. The van der Waals surface area contributed by atoms with E-state index < -0.39 is 29.8 Å². The number of carbonyl (C=O) groups is 2. The number of pyridine rings is 1. The molecule has 0 saturated carbocycles. The maximum Gasteiger partial charge on any atom is 0.408 e. The summed E-state index contributed by atoms with van der Waals surface area (Å²) in [5.41, 5.74) is 0.0295. The van der Waals surface area contributed by atoms with Crippen molar-refractivity contribution >= 4 is 29.0 Å². The molecule has 210 valence electrons.